The molecule has 0 atom stereocenters. The Hall–Kier alpha value is -2.60. The number of pyridine rings is 1. The van der Waals surface area contributed by atoms with Crippen LogP contribution >= 0.6 is 15.9 Å². The predicted molar refractivity (Wildman–Crippen MR) is 97.8 cm³/mol. The highest BCUT2D eigenvalue weighted by atomic mass is 79.9. The maximum absolute atomic E-state index is 12.7. The molecule has 0 saturated heterocycles. The number of benzene rings is 2. The number of halogens is 1. The van der Waals surface area contributed by atoms with Crippen LogP contribution in [0.5, 0.6) is 5.75 Å². The number of nitrogens with zero attached hydrogens (tertiary/aromatic N) is 1. The van der Waals surface area contributed by atoms with E-state index in [0.29, 0.717) is 22.3 Å². The second kappa shape index (κ2) is 6.49. The summed E-state index contributed by atoms with van der Waals surface area (Å²) in [6.45, 7) is 0. The number of carbonyl (C=O) groups is 1. The lowest BCUT2D eigenvalue weighted by Crippen LogP contribution is -2.23. The number of aryl methyl sites for hydroxylation is 1. The first-order valence-electron chi connectivity index (χ1n) is 7.25. The Morgan fingerprint density at radius 2 is 1.92 bits per heavy atom. The minimum Gasteiger partial charge on any atom is -0.495 e. The summed E-state index contributed by atoms with van der Waals surface area (Å²) in [5.41, 5.74) is 1.01. The van der Waals surface area contributed by atoms with Gasteiger partial charge in [-0.1, -0.05) is 18.2 Å². The topological polar surface area (TPSA) is 60.3 Å². The van der Waals surface area contributed by atoms with E-state index in [9.17, 15) is 9.59 Å². The lowest BCUT2D eigenvalue weighted by atomic mass is 10.1. The number of carbonyl (C=O) groups excluding carboxylic acids is 1. The number of para-hydroxylation sites is 2. The lowest BCUT2D eigenvalue weighted by Gasteiger charge is -2.12. The number of fused-ring (bicyclic) bond motifs is 1. The van der Waals surface area contributed by atoms with Crippen molar-refractivity contribution in [3.05, 3.63) is 68.9 Å². The van der Waals surface area contributed by atoms with E-state index in [4.69, 9.17) is 4.74 Å². The van der Waals surface area contributed by atoms with E-state index in [1.54, 1.807) is 43.0 Å². The third-order valence-corrected chi connectivity index (χ3v) is 4.44. The molecular weight excluding hydrogens is 372 g/mol. The molecule has 0 aliphatic carbocycles. The molecule has 0 aliphatic heterocycles. The molecule has 2 aromatic carbocycles. The highest BCUT2D eigenvalue weighted by Gasteiger charge is 2.17. The summed E-state index contributed by atoms with van der Waals surface area (Å²) in [6, 6.07) is 12.4. The third-order valence-electron chi connectivity index (χ3n) is 3.75. The number of hydrogen-bond donors (Lipinski definition) is 1. The SMILES string of the molecule is COc1cccc2c(=O)c(C(=O)Nc3ccccc3Br)cn(C)c12. The van der Waals surface area contributed by atoms with E-state index in [-0.39, 0.29) is 11.0 Å². The van der Waals surface area contributed by atoms with Gasteiger partial charge < -0.3 is 14.6 Å². The molecule has 0 saturated carbocycles. The van der Waals surface area contributed by atoms with Crippen molar-refractivity contribution in [3.8, 4) is 5.75 Å². The van der Waals surface area contributed by atoms with Gasteiger partial charge in [-0.3, -0.25) is 9.59 Å². The summed E-state index contributed by atoms with van der Waals surface area (Å²) in [6.07, 6.45) is 1.53. The van der Waals surface area contributed by atoms with Crippen molar-refractivity contribution >= 4 is 38.4 Å². The Bertz CT molecular complexity index is 995. The first-order valence-corrected chi connectivity index (χ1v) is 8.04. The summed E-state index contributed by atoms with van der Waals surface area (Å²) in [5.74, 6) is 0.136. The largest absolute Gasteiger partial charge is 0.495 e. The van der Waals surface area contributed by atoms with Gasteiger partial charge in [0.25, 0.3) is 5.91 Å². The van der Waals surface area contributed by atoms with Crippen molar-refractivity contribution in [2.75, 3.05) is 12.4 Å². The van der Waals surface area contributed by atoms with Crippen LogP contribution in [0.4, 0.5) is 5.69 Å². The molecule has 0 aliphatic rings. The van der Waals surface area contributed by atoms with Crippen molar-refractivity contribution in [3.63, 3.8) is 0 Å². The van der Waals surface area contributed by atoms with E-state index < -0.39 is 5.91 Å². The van der Waals surface area contributed by atoms with Crippen LogP contribution in [0, 0.1) is 0 Å². The molecule has 0 bridgehead atoms. The Kier molecular flexibility index (Phi) is 4.40. The zero-order chi connectivity index (χ0) is 17.3. The van der Waals surface area contributed by atoms with Crippen molar-refractivity contribution in [2.24, 2.45) is 7.05 Å². The van der Waals surface area contributed by atoms with Gasteiger partial charge in [0.1, 0.15) is 11.3 Å². The fraction of sp³-hybridized carbons (Fsp3) is 0.111. The van der Waals surface area contributed by atoms with Crippen LogP contribution < -0.4 is 15.5 Å². The van der Waals surface area contributed by atoms with Gasteiger partial charge >= 0.3 is 0 Å². The summed E-state index contributed by atoms with van der Waals surface area (Å²) < 4.78 is 7.78. The minimum absolute atomic E-state index is 0.0778. The molecule has 3 rings (SSSR count). The van der Waals surface area contributed by atoms with E-state index >= 15 is 0 Å². The Balaban J connectivity index is 2.11. The summed E-state index contributed by atoms with van der Waals surface area (Å²) in [4.78, 5) is 25.3. The minimum atomic E-state index is -0.452. The molecule has 0 fully saturated rings. The normalized spacial score (nSPS) is 10.6. The van der Waals surface area contributed by atoms with Gasteiger partial charge in [0.15, 0.2) is 0 Å². The van der Waals surface area contributed by atoms with Crippen molar-refractivity contribution in [1.82, 2.24) is 4.57 Å². The third kappa shape index (κ3) is 2.80. The van der Waals surface area contributed by atoms with Crippen LogP contribution in [-0.4, -0.2) is 17.6 Å². The first-order chi connectivity index (χ1) is 11.5. The molecule has 0 radical (unpaired) electrons. The number of anilines is 1. The van der Waals surface area contributed by atoms with Crippen molar-refractivity contribution in [2.45, 2.75) is 0 Å². The molecule has 24 heavy (non-hydrogen) atoms. The maximum atomic E-state index is 12.7. The van der Waals surface area contributed by atoms with Gasteiger partial charge in [0.05, 0.1) is 23.7 Å². The zero-order valence-electron chi connectivity index (χ0n) is 13.2. The number of aromatic nitrogens is 1. The summed E-state index contributed by atoms with van der Waals surface area (Å²) in [5, 5.41) is 3.20. The first kappa shape index (κ1) is 16.3. The average Bonchev–Trinajstić information content (AvgIpc) is 2.59. The van der Waals surface area contributed by atoms with E-state index in [1.165, 1.54) is 6.20 Å². The number of nitrogens with one attached hydrogen (secondary N) is 1. The summed E-state index contributed by atoms with van der Waals surface area (Å²) >= 11 is 3.37. The van der Waals surface area contributed by atoms with E-state index in [2.05, 4.69) is 21.2 Å². The van der Waals surface area contributed by atoms with Crippen LogP contribution in [0.15, 0.2) is 57.9 Å². The molecule has 3 aromatic rings. The molecule has 1 heterocycles. The number of rotatable bonds is 3. The molecule has 6 heteroatoms. The average molecular weight is 387 g/mol. The standard InChI is InChI=1S/C18H15BrN2O3/c1-21-10-12(18(23)20-14-8-4-3-7-13(14)19)17(22)11-6-5-9-15(24-2)16(11)21/h3-10H,1-2H3,(H,20,23). The molecule has 1 aromatic heterocycles. The Morgan fingerprint density at radius 1 is 1.17 bits per heavy atom. The smallest absolute Gasteiger partial charge is 0.261 e. The molecule has 1 amide bonds. The maximum Gasteiger partial charge on any atom is 0.261 e. The highest BCUT2D eigenvalue weighted by Crippen LogP contribution is 2.24. The molecule has 0 spiro atoms. The zero-order valence-corrected chi connectivity index (χ0v) is 14.8. The number of hydrogen-bond acceptors (Lipinski definition) is 3. The molecule has 5 nitrogen and oxygen atoms in total. The Morgan fingerprint density at radius 3 is 2.62 bits per heavy atom. The fourth-order valence-corrected chi connectivity index (χ4v) is 2.99. The van der Waals surface area contributed by atoms with Crippen LogP contribution in [-0.2, 0) is 7.05 Å². The van der Waals surface area contributed by atoms with Gasteiger partial charge in [-0.25, -0.2) is 0 Å². The molecular formula is C18H15BrN2O3. The van der Waals surface area contributed by atoms with Crippen molar-refractivity contribution < 1.29 is 9.53 Å². The lowest BCUT2D eigenvalue weighted by molar-refractivity contribution is 0.102. The van der Waals surface area contributed by atoms with Crippen molar-refractivity contribution in [1.29, 1.82) is 0 Å². The summed E-state index contributed by atoms with van der Waals surface area (Å²) in [7, 11) is 3.33. The number of methoxy groups -OCH3 is 1. The highest BCUT2D eigenvalue weighted by molar-refractivity contribution is 9.10. The fourth-order valence-electron chi connectivity index (χ4n) is 2.61. The van der Waals surface area contributed by atoms with Gasteiger partial charge in [-0.05, 0) is 40.2 Å². The number of ether oxygens (including phenoxy) is 1. The Labute approximate surface area is 147 Å². The quantitative estimate of drug-likeness (QED) is 0.748. The molecule has 0 unspecified atom stereocenters. The molecule has 122 valence electrons. The monoisotopic (exact) mass is 386 g/mol. The van der Waals surface area contributed by atoms with Gasteiger partial charge in [-0.2, -0.15) is 0 Å². The molecule has 1 N–H and O–H groups in total. The van der Waals surface area contributed by atoms with Gasteiger partial charge in [0, 0.05) is 17.7 Å². The number of amides is 1. The van der Waals surface area contributed by atoms with Crippen LogP contribution in [0.2, 0.25) is 0 Å². The van der Waals surface area contributed by atoms with Gasteiger partial charge in [0.2, 0.25) is 5.43 Å². The second-order valence-electron chi connectivity index (χ2n) is 5.27. The predicted octanol–water partition coefficient (Wildman–Crippen LogP) is 3.56. The van der Waals surface area contributed by atoms with Crippen LogP contribution in [0.3, 0.4) is 0 Å². The van der Waals surface area contributed by atoms with Gasteiger partial charge in [-0.15, -0.1) is 0 Å². The van der Waals surface area contributed by atoms with Crippen LogP contribution in [0.1, 0.15) is 10.4 Å². The van der Waals surface area contributed by atoms with E-state index in [0.717, 1.165) is 4.47 Å². The second-order valence-corrected chi connectivity index (χ2v) is 6.13. The van der Waals surface area contributed by atoms with Crippen LogP contribution in [0.25, 0.3) is 10.9 Å². The van der Waals surface area contributed by atoms with E-state index in [1.807, 2.05) is 18.2 Å².